The maximum absolute atomic E-state index is 12.1. The van der Waals surface area contributed by atoms with E-state index in [4.69, 9.17) is 9.47 Å². The molecule has 7 nitrogen and oxygen atoms in total. The normalized spacial score (nSPS) is 17.6. The van der Waals surface area contributed by atoms with E-state index in [2.05, 4.69) is 15.3 Å². The van der Waals surface area contributed by atoms with Crippen molar-refractivity contribution in [2.24, 2.45) is 0 Å². The van der Waals surface area contributed by atoms with Crippen LogP contribution in [0.1, 0.15) is 27.2 Å². The van der Waals surface area contributed by atoms with Crippen LogP contribution in [-0.2, 0) is 4.74 Å². The molecule has 1 aliphatic heterocycles. The van der Waals surface area contributed by atoms with Crippen LogP contribution in [-0.4, -0.2) is 52.8 Å². The van der Waals surface area contributed by atoms with Crippen molar-refractivity contribution in [1.29, 1.82) is 0 Å². The Kier molecular flexibility index (Phi) is 4.65. The predicted molar refractivity (Wildman–Crippen MR) is 95.9 cm³/mol. The van der Waals surface area contributed by atoms with Gasteiger partial charge < -0.3 is 19.7 Å². The first kappa shape index (κ1) is 17.3. The first-order valence-electron chi connectivity index (χ1n) is 8.43. The molecule has 1 unspecified atom stereocenters. The number of nitrogens with zero attached hydrogens (tertiary/aromatic N) is 3. The number of nitrogens with one attached hydrogen (secondary N) is 1. The Labute approximate surface area is 147 Å². The van der Waals surface area contributed by atoms with Crippen molar-refractivity contribution < 1.29 is 14.3 Å². The minimum absolute atomic E-state index is 0.101. The largest absolute Gasteiger partial charge is 0.471 e. The molecule has 1 amide bonds. The highest BCUT2D eigenvalue weighted by molar-refractivity contribution is 5.78. The number of carbonyl (C=O) groups is 1. The number of carbonyl (C=O) groups excluding carboxylic acids is 1. The Morgan fingerprint density at radius 1 is 1.32 bits per heavy atom. The molecule has 1 N–H and O–H groups in total. The maximum atomic E-state index is 12.1. The number of benzene rings is 1. The number of amides is 1. The Morgan fingerprint density at radius 3 is 2.84 bits per heavy atom. The van der Waals surface area contributed by atoms with Gasteiger partial charge >= 0.3 is 6.09 Å². The summed E-state index contributed by atoms with van der Waals surface area (Å²) in [4.78, 5) is 22.7. The van der Waals surface area contributed by atoms with E-state index in [0.29, 0.717) is 19.0 Å². The van der Waals surface area contributed by atoms with Gasteiger partial charge in [0.25, 0.3) is 0 Å². The van der Waals surface area contributed by atoms with Gasteiger partial charge in [0, 0.05) is 25.7 Å². The molecule has 134 valence electrons. The Morgan fingerprint density at radius 2 is 2.12 bits per heavy atom. The van der Waals surface area contributed by atoms with Gasteiger partial charge in [-0.15, -0.1) is 0 Å². The quantitative estimate of drug-likeness (QED) is 0.922. The zero-order valence-corrected chi connectivity index (χ0v) is 15.1. The van der Waals surface area contributed by atoms with Gasteiger partial charge in [-0.25, -0.2) is 14.8 Å². The third-order valence-electron chi connectivity index (χ3n) is 3.89. The molecule has 1 saturated heterocycles. The van der Waals surface area contributed by atoms with Gasteiger partial charge in [-0.05, 0) is 39.0 Å². The minimum Gasteiger partial charge on any atom is -0.471 e. The van der Waals surface area contributed by atoms with Crippen LogP contribution in [0.2, 0.25) is 0 Å². The highest BCUT2D eigenvalue weighted by Gasteiger charge is 2.31. The molecule has 0 spiro atoms. The summed E-state index contributed by atoms with van der Waals surface area (Å²) in [5.41, 5.74) is 2.07. The number of rotatable bonds is 3. The standard InChI is InChI=1S/C18H24N4O3/c1-18(2,3)25-17(23)22-8-7-13(11-22)24-16-10-20-15-9-12(19-4)5-6-14(15)21-16/h5-6,9-10,13,19H,7-8,11H2,1-4H3. The average molecular weight is 344 g/mol. The van der Waals surface area contributed by atoms with Gasteiger partial charge in [0.1, 0.15) is 11.7 Å². The van der Waals surface area contributed by atoms with Gasteiger partial charge in [-0.2, -0.15) is 0 Å². The molecule has 1 aliphatic rings. The fourth-order valence-electron chi connectivity index (χ4n) is 2.69. The monoisotopic (exact) mass is 344 g/mol. The molecule has 2 aromatic rings. The number of hydrogen-bond acceptors (Lipinski definition) is 6. The second kappa shape index (κ2) is 6.74. The van der Waals surface area contributed by atoms with Gasteiger partial charge in [-0.3, -0.25) is 0 Å². The van der Waals surface area contributed by atoms with Crippen molar-refractivity contribution in [3.05, 3.63) is 24.4 Å². The maximum Gasteiger partial charge on any atom is 0.410 e. The Hall–Kier alpha value is -2.57. The summed E-state index contributed by atoms with van der Waals surface area (Å²) in [6.07, 6.45) is 1.97. The highest BCUT2D eigenvalue weighted by atomic mass is 16.6. The molecular weight excluding hydrogens is 320 g/mol. The summed E-state index contributed by atoms with van der Waals surface area (Å²) in [5.74, 6) is 0.473. The van der Waals surface area contributed by atoms with E-state index in [1.54, 1.807) is 11.1 Å². The molecule has 1 fully saturated rings. The lowest BCUT2D eigenvalue weighted by molar-refractivity contribution is 0.0275. The summed E-state index contributed by atoms with van der Waals surface area (Å²) >= 11 is 0. The van der Waals surface area contributed by atoms with Gasteiger partial charge in [0.15, 0.2) is 0 Å². The third kappa shape index (κ3) is 4.29. The summed E-state index contributed by atoms with van der Waals surface area (Å²) in [7, 11) is 1.86. The SMILES string of the molecule is CNc1ccc2nc(OC3CCN(C(=O)OC(C)(C)C)C3)cnc2c1. The lowest BCUT2D eigenvalue weighted by Crippen LogP contribution is -2.36. The molecule has 2 heterocycles. The van der Waals surface area contributed by atoms with Crippen LogP contribution in [0.15, 0.2) is 24.4 Å². The Bertz CT molecular complexity index is 772. The molecule has 3 rings (SSSR count). The summed E-state index contributed by atoms with van der Waals surface area (Å²) in [6, 6.07) is 5.79. The fraction of sp³-hybridized carbons (Fsp3) is 0.500. The molecule has 0 bridgehead atoms. The second-order valence-corrected chi connectivity index (χ2v) is 7.12. The number of anilines is 1. The molecule has 1 aromatic heterocycles. The van der Waals surface area contributed by atoms with E-state index >= 15 is 0 Å². The fourth-order valence-corrected chi connectivity index (χ4v) is 2.69. The zero-order chi connectivity index (χ0) is 18.0. The van der Waals surface area contributed by atoms with Crippen molar-refractivity contribution in [1.82, 2.24) is 14.9 Å². The van der Waals surface area contributed by atoms with Gasteiger partial charge in [-0.1, -0.05) is 0 Å². The summed E-state index contributed by atoms with van der Waals surface area (Å²) in [6.45, 7) is 6.69. The van der Waals surface area contributed by atoms with E-state index in [0.717, 1.165) is 23.1 Å². The molecule has 1 atom stereocenters. The van der Waals surface area contributed by atoms with E-state index < -0.39 is 5.60 Å². The first-order chi connectivity index (χ1) is 11.8. The second-order valence-electron chi connectivity index (χ2n) is 7.12. The molecule has 25 heavy (non-hydrogen) atoms. The topological polar surface area (TPSA) is 76.6 Å². The minimum atomic E-state index is -0.494. The zero-order valence-electron chi connectivity index (χ0n) is 15.1. The molecule has 1 aromatic carbocycles. The van der Waals surface area contributed by atoms with Crippen molar-refractivity contribution in [2.45, 2.75) is 38.9 Å². The van der Waals surface area contributed by atoms with E-state index in [1.165, 1.54) is 0 Å². The Balaban J connectivity index is 1.63. The lowest BCUT2D eigenvalue weighted by atomic mass is 10.2. The highest BCUT2D eigenvalue weighted by Crippen LogP contribution is 2.21. The van der Waals surface area contributed by atoms with Crippen molar-refractivity contribution in [3.8, 4) is 5.88 Å². The molecule has 0 saturated carbocycles. The number of hydrogen-bond donors (Lipinski definition) is 1. The number of likely N-dealkylation sites (tertiary alicyclic amines) is 1. The van der Waals surface area contributed by atoms with Crippen molar-refractivity contribution in [2.75, 3.05) is 25.5 Å². The van der Waals surface area contributed by atoms with Crippen LogP contribution >= 0.6 is 0 Å². The van der Waals surface area contributed by atoms with Crippen LogP contribution in [0, 0.1) is 0 Å². The number of ether oxygens (including phenoxy) is 2. The average Bonchev–Trinajstić information content (AvgIpc) is 3.01. The van der Waals surface area contributed by atoms with Crippen LogP contribution in [0.4, 0.5) is 10.5 Å². The molecular formula is C18H24N4O3. The van der Waals surface area contributed by atoms with Crippen molar-refractivity contribution >= 4 is 22.8 Å². The van der Waals surface area contributed by atoms with Crippen LogP contribution in [0.3, 0.4) is 0 Å². The molecule has 0 radical (unpaired) electrons. The number of fused-ring (bicyclic) bond motifs is 1. The lowest BCUT2D eigenvalue weighted by Gasteiger charge is -2.24. The van der Waals surface area contributed by atoms with Gasteiger partial charge in [0.2, 0.25) is 5.88 Å². The molecule has 7 heteroatoms. The van der Waals surface area contributed by atoms with Crippen LogP contribution in [0.25, 0.3) is 11.0 Å². The molecule has 0 aliphatic carbocycles. The van der Waals surface area contributed by atoms with Crippen molar-refractivity contribution in [3.63, 3.8) is 0 Å². The van der Waals surface area contributed by atoms with Crippen LogP contribution in [0.5, 0.6) is 5.88 Å². The van der Waals surface area contributed by atoms with Crippen LogP contribution < -0.4 is 10.1 Å². The first-order valence-corrected chi connectivity index (χ1v) is 8.43. The van der Waals surface area contributed by atoms with Gasteiger partial charge in [0.05, 0.1) is 23.8 Å². The summed E-state index contributed by atoms with van der Waals surface area (Å²) in [5, 5.41) is 3.08. The third-order valence-corrected chi connectivity index (χ3v) is 3.89. The van der Waals surface area contributed by atoms with E-state index in [9.17, 15) is 4.79 Å². The predicted octanol–water partition coefficient (Wildman–Crippen LogP) is 3.06. The van der Waals surface area contributed by atoms with E-state index in [1.807, 2.05) is 46.0 Å². The van der Waals surface area contributed by atoms with E-state index in [-0.39, 0.29) is 12.2 Å². The summed E-state index contributed by atoms with van der Waals surface area (Å²) < 4.78 is 11.3. The smallest absolute Gasteiger partial charge is 0.410 e. The number of aromatic nitrogens is 2.